The topological polar surface area (TPSA) is 16.3 Å². The number of benzene rings is 13. The molecule has 93 heavy (non-hydrogen) atoms. The molecule has 0 saturated heterocycles. The van der Waals surface area contributed by atoms with Crippen LogP contribution in [0.1, 0.15) is 77.0 Å². The molecule has 15 aromatic rings. The van der Waals surface area contributed by atoms with Gasteiger partial charge < -0.3 is 18.9 Å². The predicted octanol–water partition coefficient (Wildman–Crippen LogP) is 22.2. The fourth-order valence-electron chi connectivity index (χ4n) is 16.0. The van der Waals surface area contributed by atoms with E-state index in [0.29, 0.717) is 0 Å². The van der Waals surface area contributed by atoms with E-state index in [1.54, 1.807) is 0 Å². The van der Waals surface area contributed by atoms with Crippen LogP contribution in [0.5, 0.6) is 0 Å². The van der Waals surface area contributed by atoms with Crippen LogP contribution in [-0.2, 0) is 5.41 Å². The summed E-state index contributed by atoms with van der Waals surface area (Å²) in [7, 11) is 0. The number of aromatic nitrogens is 2. The van der Waals surface area contributed by atoms with Gasteiger partial charge in [0, 0.05) is 77.7 Å². The Bertz CT molecular complexity index is 4890. The Balaban J connectivity index is 1.10. The maximum Gasteiger partial charge on any atom is 0.252 e. The van der Waals surface area contributed by atoms with Gasteiger partial charge in [-0.15, -0.1) is 0 Å². The number of para-hydroxylation sites is 6. The molecule has 4 nitrogen and oxygen atoms in total. The monoisotopic (exact) mass is 1190 g/mol. The molecule has 446 valence electrons. The van der Waals surface area contributed by atoms with E-state index in [9.17, 15) is 0 Å². The molecule has 2 aliphatic rings. The second kappa shape index (κ2) is 21.9. The molecule has 0 spiro atoms. The van der Waals surface area contributed by atoms with E-state index in [2.05, 4.69) is 359 Å². The molecule has 2 aliphatic heterocycles. The molecule has 0 fully saturated rings. The van der Waals surface area contributed by atoms with Crippen molar-refractivity contribution in [3.8, 4) is 55.9 Å². The molecule has 0 unspecified atom stereocenters. The molecule has 5 heteroatoms. The van der Waals surface area contributed by atoms with Gasteiger partial charge in [-0.1, -0.05) is 291 Å². The Kier molecular flexibility index (Phi) is 13.2. The first-order valence-corrected chi connectivity index (χ1v) is 33.1. The van der Waals surface area contributed by atoms with Crippen LogP contribution in [0.15, 0.2) is 291 Å². The minimum absolute atomic E-state index is 0.0582. The van der Waals surface area contributed by atoms with E-state index in [1.165, 1.54) is 133 Å². The first-order chi connectivity index (χ1) is 45.5. The van der Waals surface area contributed by atoms with Gasteiger partial charge in [0.25, 0.3) is 6.71 Å². The summed E-state index contributed by atoms with van der Waals surface area (Å²) >= 11 is 0. The molecule has 0 atom stereocenters. The smallest absolute Gasteiger partial charge is 0.252 e. The van der Waals surface area contributed by atoms with Crippen molar-refractivity contribution >= 4 is 101 Å². The third kappa shape index (κ3) is 8.74. The molecule has 0 bridgehead atoms. The lowest BCUT2D eigenvalue weighted by Gasteiger charge is -2.48. The van der Waals surface area contributed by atoms with Gasteiger partial charge >= 0.3 is 0 Å². The lowest BCUT2D eigenvalue weighted by atomic mass is 9.33. The number of rotatable bonds is 10. The molecule has 4 heterocycles. The van der Waals surface area contributed by atoms with Crippen molar-refractivity contribution < 1.29 is 0 Å². The number of anilines is 6. The van der Waals surface area contributed by atoms with Crippen molar-refractivity contribution in [1.29, 1.82) is 0 Å². The molecule has 2 aromatic heterocycles. The zero-order chi connectivity index (χ0) is 62.8. The van der Waals surface area contributed by atoms with Gasteiger partial charge in [-0.2, -0.15) is 0 Å². The maximum atomic E-state index is 2.78. The summed E-state index contributed by atoms with van der Waals surface area (Å²) in [4.78, 5) is 5.55. The average Bonchev–Trinajstić information content (AvgIpc) is 1.02. The molecule has 0 amide bonds. The maximum absolute atomic E-state index is 2.78. The fraction of sp³-hybridized carbons (Fsp3) is 0.114. The van der Waals surface area contributed by atoms with Crippen molar-refractivity contribution in [2.45, 2.75) is 65.7 Å². The van der Waals surface area contributed by atoms with Gasteiger partial charge in [0.15, 0.2) is 0 Å². The highest BCUT2D eigenvalue weighted by molar-refractivity contribution is 7.00. The summed E-state index contributed by atoms with van der Waals surface area (Å²) < 4.78 is 5.15. The molecule has 0 N–H and O–H groups in total. The first-order valence-electron chi connectivity index (χ1n) is 33.1. The van der Waals surface area contributed by atoms with Crippen molar-refractivity contribution in [1.82, 2.24) is 9.13 Å². The van der Waals surface area contributed by atoms with E-state index in [0.717, 1.165) is 33.6 Å². The van der Waals surface area contributed by atoms with Crippen LogP contribution in [0.3, 0.4) is 0 Å². The summed E-state index contributed by atoms with van der Waals surface area (Å²) in [5.41, 5.74) is 31.0. The van der Waals surface area contributed by atoms with Gasteiger partial charge in [-0.3, -0.25) is 0 Å². The Hall–Kier alpha value is -10.9. The second-order valence-electron chi connectivity index (χ2n) is 27.1. The summed E-state index contributed by atoms with van der Waals surface area (Å²) in [5.74, 6) is 0.116. The van der Waals surface area contributed by atoms with Crippen LogP contribution >= 0.6 is 0 Å². The second-order valence-corrected chi connectivity index (χ2v) is 27.1. The van der Waals surface area contributed by atoms with Crippen LogP contribution in [-0.4, -0.2) is 15.8 Å². The van der Waals surface area contributed by atoms with Crippen LogP contribution in [0, 0.1) is 0 Å². The summed E-state index contributed by atoms with van der Waals surface area (Å²) in [6, 6.07) is 110. The minimum Gasteiger partial charge on any atom is -0.310 e. The van der Waals surface area contributed by atoms with Crippen LogP contribution < -0.4 is 26.2 Å². The lowest BCUT2D eigenvalue weighted by molar-refractivity contribution is 0.590. The molecule has 17 rings (SSSR count). The standard InChI is InChI=1S/C88H71BN4/c1-56(2)81-77(90-73-46-24-20-38-67(73)68-39-21-25-47-74(68)90)52-50-71-86(81)92(84-63(58-30-12-8-13-31-58)42-28-43-64(84)59-32-14-9-15-33-59)79-54-62(88(5,6)7)55-80-83(79)89(71)72-51-53-78(91-75-48-26-22-40-69(75)70-41-23-27-49-76(70)91)82(57(3)4)87(72)93(80)85-65(60-34-16-10-17-35-60)44-29-45-66(85)61-36-18-11-19-37-61/h8-57H,1-7H3. The van der Waals surface area contributed by atoms with Gasteiger partial charge in [0.2, 0.25) is 0 Å². The average molecular weight is 1200 g/mol. The van der Waals surface area contributed by atoms with E-state index < -0.39 is 0 Å². The highest BCUT2D eigenvalue weighted by atomic mass is 15.2. The Morgan fingerprint density at radius 1 is 0.290 bits per heavy atom. The SMILES string of the molecule is CC(C)c1c(-n2c3ccccc3c3ccccc32)ccc2c1N(c1c(-c3ccccc3)cccc1-c1ccccc1)c1cc(C(C)(C)C)cc3c1B2c1ccc(-n2c4ccccc4c4ccccc42)c(C(C)C)c1N3c1c(-c2ccccc2)cccc1-c1ccccc1. The summed E-state index contributed by atoms with van der Waals surface area (Å²) in [6.45, 7) is 16.7. The van der Waals surface area contributed by atoms with Crippen LogP contribution in [0.25, 0.3) is 99.5 Å². The van der Waals surface area contributed by atoms with Crippen LogP contribution in [0.4, 0.5) is 34.1 Å². The molecule has 13 aromatic carbocycles. The number of nitrogens with zero attached hydrogens (tertiary/aromatic N) is 4. The zero-order valence-corrected chi connectivity index (χ0v) is 53.7. The quantitative estimate of drug-likeness (QED) is 0.127. The van der Waals surface area contributed by atoms with Gasteiger partial charge in [-0.25, -0.2) is 0 Å². The molecular formula is C88H71BN4. The Labute approximate surface area is 546 Å². The molecular weight excluding hydrogens is 1120 g/mol. The number of hydrogen-bond donors (Lipinski definition) is 0. The minimum atomic E-state index is -0.307. The zero-order valence-electron chi connectivity index (χ0n) is 53.7. The number of fused-ring (bicyclic) bond motifs is 10. The van der Waals surface area contributed by atoms with Crippen molar-refractivity contribution in [2.75, 3.05) is 9.80 Å². The van der Waals surface area contributed by atoms with E-state index in [1.807, 2.05) is 0 Å². The number of hydrogen-bond acceptors (Lipinski definition) is 2. The van der Waals surface area contributed by atoms with Gasteiger partial charge in [0.05, 0.1) is 44.8 Å². The highest BCUT2D eigenvalue weighted by Crippen LogP contribution is 2.57. The van der Waals surface area contributed by atoms with Crippen molar-refractivity contribution in [3.05, 3.63) is 308 Å². The normalized spacial score (nSPS) is 12.8. The third-order valence-electron chi connectivity index (χ3n) is 19.9. The highest BCUT2D eigenvalue weighted by Gasteiger charge is 2.48. The van der Waals surface area contributed by atoms with E-state index >= 15 is 0 Å². The molecule has 0 saturated carbocycles. The Morgan fingerprint density at radius 2 is 0.581 bits per heavy atom. The fourth-order valence-corrected chi connectivity index (χ4v) is 16.0. The third-order valence-corrected chi connectivity index (χ3v) is 19.9. The summed E-state index contributed by atoms with van der Waals surface area (Å²) in [6.07, 6.45) is 0. The summed E-state index contributed by atoms with van der Waals surface area (Å²) in [5, 5.41) is 4.98. The lowest BCUT2D eigenvalue weighted by Crippen LogP contribution is -2.62. The van der Waals surface area contributed by atoms with E-state index in [4.69, 9.17) is 0 Å². The largest absolute Gasteiger partial charge is 0.310 e. The first kappa shape index (κ1) is 56.1. The van der Waals surface area contributed by atoms with Gasteiger partial charge in [0.1, 0.15) is 0 Å². The van der Waals surface area contributed by atoms with Gasteiger partial charge in [-0.05, 0) is 110 Å². The van der Waals surface area contributed by atoms with Crippen molar-refractivity contribution in [2.24, 2.45) is 0 Å². The Morgan fingerprint density at radius 3 is 0.871 bits per heavy atom. The van der Waals surface area contributed by atoms with E-state index in [-0.39, 0.29) is 24.0 Å². The molecule has 0 aliphatic carbocycles. The van der Waals surface area contributed by atoms with Crippen molar-refractivity contribution in [3.63, 3.8) is 0 Å². The predicted molar refractivity (Wildman–Crippen MR) is 398 cm³/mol. The molecule has 0 radical (unpaired) electrons. The van der Waals surface area contributed by atoms with Crippen LogP contribution in [0.2, 0.25) is 0 Å².